The maximum Gasteiger partial charge on any atom is 0.346 e. The number of aromatic hydroxyl groups is 1. The van der Waals surface area contributed by atoms with Crippen LogP contribution in [0.5, 0.6) is 5.75 Å². The van der Waals surface area contributed by atoms with Gasteiger partial charge in [0.15, 0.2) is 0 Å². The molecular formula is C26H22N2O5S. The van der Waals surface area contributed by atoms with E-state index >= 15 is 0 Å². The number of hydrogen-bond acceptors (Lipinski definition) is 5. The Morgan fingerprint density at radius 3 is 2.50 bits per heavy atom. The average Bonchev–Trinajstić information content (AvgIpc) is 3.54. The predicted molar refractivity (Wildman–Crippen MR) is 132 cm³/mol. The molecule has 0 radical (unpaired) electrons. The van der Waals surface area contributed by atoms with Crippen molar-refractivity contribution in [3.63, 3.8) is 0 Å². The van der Waals surface area contributed by atoms with E-state index in [2.05, 4.69) is 9.97 Å². The van der Waals surface area contributed by atoms with Gasteiger partial charge in [0.25, 0.3) is 0 Å². The molecule has 2 aromatic carbocycles. The zero-order valence-corrected chi connectivity index (χ0v) is 18.9. The summed E-state index contributed by atoms with van der Waals surface area (Å²) in [5.74, 6) is -1.97. The number of para-hydroxylation sites is 2. The van der Waals surface area contributed by atoms with Crippen molar-refractivity contribution in [1.29, 1.82) is 0 Å². The van der Waals surface area contributed by atoms with Gasteiger partial charge in [0.05, 0.1) is 5.56 Å². The molecule has 0 fully saturated rings. The van der Waals surface area contributed by atoms with Crippen LogP contribution in [-0.4, -0.2) is 43.6 Å². The Morgan fingerprint density at radius 1 is 0.912 bits per heavy atom. The first-order valence-electron chi connectivity index (χ1n) is 10.9. The fraction of sp³-hybridized carbons (Fsp3) is 0.154. The number of aliphatic hydroxyl groups is 1. The molecule has 172 valence electrons. The number of rotatable bonds is 8. The zero-order valence-electron chi connectivity index (χ0n) is 18.1. The summed E-state index contributed by atoms with van der Waals surface area (Å²) >= 11 is 0.782. The Balaban J connectivity index is 1.61. The molecule has 0 aliphatic heterocycles. The first-order valence-corrected chi connectivity index (χ1v) is 11.7. The van der Waals surface area contributed by atoms with Crippen molar-refractivity contribution in [3.8, 4) is 16.9 Å². The minimum atomic E-state index is -1.20. The smallest absolute Gasteiger partial charge is 0.346 e. The van der Waals surface area contributed by atoms with Crippen molar-refractivity contribution in [2.45, 2.75) is 19.3 Å². The van der Waals surface area contributed by atoms with Crippen LogP contribution in [0.4, 0.5) is 0 Å². The van der Waals surface area contributed by atoms with Crippen LogP contribution in [0.15, 0.2) is 54.9 Å². The fourth-order valence-electron chi connectivity index (χ4n) is 4.42. The molecule has 0 aliphatic carbocycles. The van der Waals surface area contributed by atoms with Crippen molar-refractivity contribution in [2.24, 2.45) is 0 Å². The second-order valence-electron chi connectivity index (χ2n) is 8.09. The van der Waals surface area contributed by atoms with E-state index in [0.717, 1.165) is 46.2 Å². The highest BCUT2D eigenvalue weighted by Crippen LogP contribution is 2.45. The van der Waals surface area contributed by atoms with Crippen molar-refractivity contribution in [2.75, 3.05) is 6.61 Å². The number of aromatic carboxylic acids is 1. The molecule has 34 heavy (non-hydrogen) atoms. The molecule has 0 saturated heterocycles. The molecular weight excluding hydrogens is 452 g/mol. The van der Waals surface area contributed by atoms with Gasteiger partial charge < -0.3 is 25.3 Å². The lowest BCUT2D eigenvalue weighted by atomic mass is 10.0. The highest BCUT2D eigenvalue weighted by atomic mass is 32.1. The second-order valence-corrected chi connectivity index (χ2v) is 9.11. The summed E-state index contributed by atoms with van der Waals surface area (Å²) in [6.07, 6.45) is 5.52. The van der Waals surface area contributed by atoms with Crippen LogP contribution in [0.25, 0.3) is 32.9 Å². The first-order chi connectivity index (χ1) is 16.5. The van der Waals surface area contributed by atoms with Gasteiger partial charge in [-0.1, -0.05) is 36.4 Å². The third-order valence-corrected chi connectivity index (χ3v) is 7.21. The number of carboxylic acids is 1. The number of unbranched alkanes of at least 4 members (excludes halogenated alkanes) is 1. The number of carbonyl (C=O) groups is 2. The van der Waals surface area contributed by atoms with Gasteiger partial charge in [0.2, 0.25) is 5.78 Å². The van der Waals surface area contributed by atoms with Crippen LogP contribution < -0.4 is 0 Å². The largest absolute Gasteiger partial charge is 0.506 e. The number of H-pyrrole nitrogens is 2. The molecule has 0 atom stereocenters. The molecule has 0 aliphatic rings. The van der Waals surface area contributed by atoms with E-state index in [1.807, 2.05) is 42.5 Å². The van der Waals surface area contributed by atoms with E-state index in [4.69, 9.17) is 5.11 Å². The number of fused-ring (bicyclic) bond motifs is 2. The van der Waals surface area contributed by atoms with Gasteiger partial charge in [0.1, 0.15) is 15.5 Å². The van der Waals surface area contributed by atoms with Crippen LogP contribution in [0.3, 0.4) is 0 Å². The number of carbonyl (C=O) groups excluding carboxylic acids is 1. The monoisotopic (exact) mass is 474 g/mol. The SMILES string of the molecule is O=C(O)c1sc(C(=O)c2c[nH]c3c(CCCCO)cccc23)c(O)c1-c1c[nH]c2ccccc12. The maximum absolute atomic E-state index is 13.5. The third kappa shape index (κ3) is 3.57. The lowest BCUT2D eigenvalue weighted by molar-refractivity contribution is 0.0702. The number of ketones is 1. The molecule has 5 aromatic rings. The number of nitrogens with one attached hydrogen (secondary N) is 2. The third-order valence-electron chi connectivity index (χ3n) is 6.04. The summed E-state index contributed by atoms with van der Waals surface area (Å²) in [6.45, 7) is 0.132. The molecule has 0 spiro atoms. The summed E-state index contributed by atoms with van der Waals surface area (Å²) in [5.41, 5.74) is 3.71. The molecule has 0 bridgehead atoms. The lowest BCUT2D eigenvalue weighted by Crippen LogP contribution is -1.98. The minimum Gasteiger partial charge on any atom is -0.506 e. The molecule has 5 N–H and O–H groups in total. The van der Waals surface area contributed by atoms with Crippen molar-refractivity contribution in [1.82, 2.24) is 9.97 Å². The summed E-state index contributed by atoms with van der Waals surface area (Å²) in [7, 11) is 0. The quantitative estimate of drug-likeness (QED) is 0.154. The van der Waals surface area contributed by atoms with Gasteiger partial charge in [-0.25, -0.2) is 4.79 Å². The van der Waals surface area contributed by atoms with E-state index in [0.29, 0.717) is 22.9 Å². The van der Waals surface area contributed by atoms with E-state index in [1.165, 1.54) is 0 Å². The lowest BCUT2D eigenvalue weighted by Gasteiger charge is -2.04. The second kappa shape index (κ2) is 8.81. The number of carboxylic acid groups (broad SMARTS) is 1. The predicted octanol–water partition coefficient (Wildman–Crippen LogP) is 5.33. The van der Waals surface area contributed by atoms with Crippen LogP contribution >= 0.6 is 11.3 Å². The van der Waals surface area contributed by atoms with Crippen LogP contribution in [0.1, 0.15) is 43.3 Å². The Labute approximate surface area is 198 Å². The van der Waals surface area contributed by atoms with Crippen LogP contribution in [0.2, 0.25) is 0 Å². The molecule has 0 amide bonds. The number of aliphatic hydroxyl groups excluding tert-OH is 1. The van der Waals surface area contributed by atoms with Crippen LogP contribution in [-0.2, 0) is 6.42 Å². The van der Waals surface area contributed by atoms with Gasteiger partial charge in [0, 0.05) is 51.9 Å². The van der Waals surface area contributed by atoms with E-state index < -0.39 is 11.8 Å². The molecule has 7 nitrogen and oxygen atoms in total. The fourth-order valence-corrected chi connectivity index (χ4v) is 5.42. The average molecular weight is 475 g/mol. The zero-order chi connectivity index (χ0) is 23.8. The normalized spacial score (nSPS) is 11.4. The van der Waals surface area contributed by atoms with Gasteiger partial charge >= 0.3 is 5.97 Å². The Kier molecular flexibility index (Phi) is 5.69. The van der Waals surface area contributed by atoms with Gasteiger partial charge in [-0.2, -0.15) is 0 Å². The Bertz CT molecular complexity index is 1540. The van der Waals surface area contributed by atoms with Crippen molar-refractivity contribution in [3.05, 3.63) is 75.7 Å². The van der Waals surface area contributed by atoms with Crippen LogP contribution in [0, 0.1) is 0 Å². The number of thiophene rings is 1. The number of aromatic amines is 2. The first kappa shape index (κ1) is 21.9. The van der Waals surface area contributed by atoms with Crippen molar-refractivity contribution >= 4 is 44.9 Å². The molecule has 3 aromatic heterocycles. The maximum atomic E-state index is 13.5. The number of hydrogen-bond donors (Lipinski definition) is 5. The summed E-state index contributed by atoms with van der Waals surface area (Å²) < 4.78 is 0. The highest BCUT2D eigenvalue weighted by molar-refractivity contribution is 7.17. The topological polar surface area (TPSA) is 126 Å². The minimum absolute atomic E-state index is 0.00994. The Morgan fingerprint density at radius 2 is 1.71 bits per heavy atom. The van der Waals surface area contributed by atoms with E-state index in [-0.39, 0.29) is 27.7 Å². The molecule has 0 saturated carbocycles. The van der Waals surface area contributed by atoms with Gasteiger partial charge in [-0.05, 0) is 30.9 Å². The number of benzene rings is 2. The highest BCUT2D eigenvalue weighted by Gasteiger charge is 2.30. The van der Waals surface area contributed by atoms with Gasteiger partial charge in [-0.15, -0.1) is 11.3 Å². The molecule has 3 heterocycles. The van der Waals surface area contributed by atoms with E-state index in [1.54, 1.807) is 12.4 Å². The van der Waals surface area contributed by atoms with Gasteiger partial charge in [-0.3, -0.25) is 4.79 Å². The summed E-state index contributed by atoms with van der Waals surface area (Å²) in [4.78, 5) is 31.8. The molecule has 0 unspecified atom stereocenters. The number of aromatic nitrogens is 2. The standard InChI is InChI=1S/C26H22N2O5S/c29-11-4-3-6-14-7-5-9-16-18(13-28-21(14)16)22(30)25-23(31)20(24(34-25)26(32)33)17-12-27-19-10-2-1-8-15(17)19/h1-2,5,7-10,12-13,27-29,31H,3-4,6,11H2,(H,32,33). The van der Waals surface area contributed by atoms with E-state index in [9.17, 15) is 19.8 Å². The summed E-state index contributed by atoms with van der Waals surface area (Å²) in [5, 5.41) is 31.5. The molecule has 5 rings (SSSR count). The summed E-state index contributed by atoms with van der Waals surface area (Å²) in [6, 6.07) is 13.1. The van der Waals surface area contributed by atoms with Crippen molar-refractivity contribution < 1.29 is 24.9 Å². The number of aryl methyl sites for hydroxylation is 1. The molecule has 8 heteroatoms. The Hall–Kier alpha value is -3.88.